The van der Waals surface area contributed by atoms with Crippen molar-refractivity contribution >= 4 is 28.9 Å². The number of carboxylic acid groups (broad SMARTS) is 1. The number of hydrogen-bond acceptors (Lipinski definition) is 6. The Kier molecular flexibility index (Phi) is 5.48. The minimum atomic E-state index is -0.250. The molecule has 2 heterocycles. The first-order valence-corrected chi connectivity index (χ1v) is 7.49. The quantitative estimate of drug-likeness (QED) is 0.741. The molecular formula is C16H16N2O4S. The van der Waals surface area contributed by atoms with Crippen LogP contribution < -0.4 is 9.47 Å². The minimum Gasteiger partial charge on any atom is -0.493 e. The highest BCUT2D eigenvalue weighted by molar-refractivity contribution is 7.03. The molecule has 23 heavy (non-hydrogen) atoms. The fourth-order valence-electron chi connectivity index (χ4n) is 2.20. The van der Waals surface area contributed by atoms with Gasteiger partial charge in [-0.25, -0.2) is 9.36 Å². The second-order valence-corrected chi connectivity index (χ2v) is 5.22. The average Bonchev–Trinajstić information content (AvgIpc) is 3.09. The normalized spacial score (nSPS) is 9.87. The molecule has 3 aromatic rings. The van der Waals surface area contributed by atoms with Gasteiger partial charge < -0.3 is 14.6 Å². The number of hydrogen-bond donors (Lipinski definition) is 1. The van der Waals surface area contributed by atoms with Crippen LogP contribution in [0.25, 0.3) is 22.2 Å². The molecule has 0 bridgehead atoms. The third-order valence-electron chi connectivity index (χ3n) is 3.25. The first kappa shape index (κ1) is 16.7. The third-order valence-corrected chi connectivity index (χ3v) is 3.84. The van der Waals surface area contributed by atoms with Crippen molar-refractivity contribution in [3.05, 3.63) is 35.3 Å². The maximum absolute atomic E-state index is 8.36. The highest BCUT2D eigenvalue weighted by Gasteiger charge is 2.11. The molecule has 6 nitrogen and oxygen atoms in total. The first-order chi connectivity index (χ1) is 11.1. The van der Waals surface area contributed by atoms with Gasteiger partial charge >= 0.3 is 0 Å². The van der Waals surface area contributed by atoms with Crippen LogP contribution in [0.4, 0.5) is 0 Å². The van der Waals surface area contributed by atoms with E-state index in [4.69, 9.17) is 24.4 Å². The van der Waals surface area contributed by atoms with Gasteiger partial charge in [0.15, 0.2) is 11.5 Å². The Labute approximate surface area is 137 Å². The number of nitrogens with zero attached hydrogens (tertiary/aromatic N) is 2. The smallest absolute Gasteiger partial charge is 0.290 e. The Balaban J connectivity index is 0.000000595. The Hall–Kier alpha value is -2.67. The summed E-state index contributed by atoms with van der Waals surface area (Å²) in [5.74, 6) is 1.40. The van der Waals surface area contributed by atoms with Crippen LogP contribution >= 0.6 is 11.5 Å². The zero-order chi connectivity index (χ0) is 16.8. The lowest BCUT2D eigenvalue weighted by atomic mass is 10.1. The van der Waals surface area contributed by atoms with Crippen molar-refractivity contribution in [2.24, 2.45) is 0 Å². The van der Waals surface area contributed by atoms with Crippen molar-refractivity contribution in [1.29, 1.82) is 0 Å². The van der Waals surface area contributed by atoms with E-state index in [0.29, 0.717) is 5.75 Å². The van der Waals surface area contributed by atoms with E-state index < -0.39 is 0 Å². The van der Waals surface area contributed by atoms with Crippen molar-refractivity contribution in [3.8, 4) is 22.8 Å². The monoisotopic (exact) mass is 332 g/mol. The lowest BCUT2D eigenvalue weighted by molar-refractivity contribution is -0.122. The topological polar surface area (TPSA) is 81.5 Å². The number of methoxy groups -OCH3 is 2. The summed E-state index contributed by atoms with van der Waals surface area (Å²) in [6.45, 7) is 1.82. The van der Waals surface area contributed by atoms with Crippen LogP contribution in [0, 0.1) is 6.92 Å². The van der Waals surface area contributed by atoms with E-state index in [0.717, 1.165) is 33.5 Å². The van der Waals surface area contributed by atoms with E-state index in [9.17, 15) is 0 Å². The van der Waals surface area contributed by atoms with Crippen LogP contribution in [0.15, 0.2) is 29.8 Å². The third kappa shape index (κ3) is 3.57. The van der Waals surface area contributed by atoms with E-state index in [1.54, 1.807) is 14.2 Å². The fraction of sp³-hybridized carbons (Fsp3) is 0.188. The van der Waals surface area contributed by atoms with E-state index in [1.807, 2.05) is 23.7 Å². The van der Waals surface area contributed by atoms with Gasteiger partial charge in [0.1, 0.15) is 0 Å². The van der Waals surface area contributed by atoms with Gasteiger partial charge in [-0.3, -0.25) is 4.79 Å². The Morgan fingerprint density at radius 3 is 2.39 bits per heavy atom. The molecule has 0 saturated heterocycles. The summed E-state index contributed by atoms with van der Waals surface area (Å²) in [5.41, 5.74) is 4.01. The molecule has 0 aliphatic carbocycles. The van der Waals surface area contributed by atoms with E-state index in [-0.39, 0.29) is 6.47 Å². The lowest BCUT2D eigenvalue weighted by Crippen LogP contribution is -1.94. The van der Waals surface area contributed by atoms with Gasteiger partial charge in [0.2, 0.25) is 0 Å². The molecule has 1 aromatic carbocycles. The molecule has 0 fully saturated rings. The average molecular weight is 332 g/mol. The van der Waals surface area contributed by atoms with Gasteiger partial charge in [0.05, 0.1) is 31.6 Å². The molecule has 0 atom stereocenters. The van der Waals surface area contributed by atoms with Crippen molar-refractivity contribution in [2.45, 2.75) is 6.92 Å². The summed E-state index contributed by atoms with van der Waals surface area (Å²) < 4.78 is 14.8. The summed E-state index contributed by atoms with van der Waals surface area (Å²) in [4.78, 5) is 13.1. The van der Waals surface area contributed by atoms with Crippen molar-refractivity contribution in [2.75, 3.05) is 14.2 Å². The van der Waals surface area contributed by atoms with Crippen molar-refractivity contribution in [3.63, 3.8) is 0 Å². The Bertz CT molecular complexity index is 803. The van der Waals surface area contributed by atoms with Gasteiger partial charge in [-0.2, -0.15) is 0 Å². The van der Waals surface area contributed by atoms with Crippen LogP contribution in [0.3, 0.4) is 0 Å². The van der Waals surface area contributed by atoms with Gasteiger partial charge in [-0.15, -0.1) is 0 Å². The summed E-state index contributed by atoms with van der Waals surface area (Å²) in [6, 6.07) is 5.94. The molecule has 0 unspecified atom stereocenters. The van der Waals surface area contributed by atoms with Gasteiger partial charge in [0.25, 0.3) is 6.47 Å². The summed E-state index contributed by atoms with van der Waals surface area (Å²) >= 11 is 1.42. The van der Waals surface area contributed by atoms with Gasteiger partial charge in [-0.05, 0) is 36.2 Å². The molecule has 0 radical (unpaired) electrons. The molecule has 120 valence electrons. The highest BCUT2D eigenvalue weighted by Crippen LogP contribution is 2.34. The maximum Gasteiger partial charge on any atom is 0.290 e. The molecule has 1 N–H and O–H groups in total. The SMILES string of the molecule is COc1cc2nc(-c3cnsc3)cc(C)c2cc1OC.O=CO. The zero-order valence-electron chi connectivity index (χ0n) is 12.9. The van der Waals surface area contributed by atoms with Crippen LogP contribution in [-0.2, 0) is 4.79 Å². The van der Waals surface area contributed by atoms with Crippen molar-refractivity contribution < 1.29 is 19.4 Å². The number of aryl methyl sites for hydroxylation is 1. The molecule has 3 rings (SSSR count). The summed E-state index contributed by atoms with van der Waals surface area (Å²) in [7, 11) is 3.26. The Morgan fingerprint density at radius 2 is 1.83 bits per heavy atom. The maximum atomic E-state index is 8.36. The standard InChI is InChI=1S/C15H14N2O2S.CH2O2/c1-9-4-12(10-7-16-20-8-10)17-13-6-15(19-3)14(18-2)5-11(9)13;2-1-3/h4-8H,1-3H3;1H,(H,2,3). The molecule has 7 heteroatoms. The van der Waals surface area contributed by atoms with Crippen LogP contribution in [0.1, 0.15) is 5.56 Å². The zero-order valence-corrected chi connectivity index (χ0v) is 13.8. The minimum absolute atomic E-state index is 0.250. The number of benzene rings is 1. The number of aromatic nitrogens is 2. The second-order valence-electron chi connectivity index (χ2n) is 4.57. The molecule has 0 saturated carbocycles. The van der Waals surface area contributed by atoms with Crippen LogP contribution in [0.5, 0.6) is 11.5 Å². The summed E-state index contributed by atoms with van der Waals surface area (Å²) in [6.07, 6.45) is 1.83. The molecule has 0 aliphatic rings. The van der Waals surface area contributed by atoms with Gasteiger partial charge in [0, 0.05) is 22.4 Å². The van der Waals surface area contributed by atoms with E-state index in [2.05, 4.69) is 17.4 Å². The van der Waals surface area contributed by atoms with E-state index in [1.165, 1.54) is 11.5 Å². The van der Waals surface area contributed by atoms with E-state index >= 15 is 0 Å². The van der Waals surface area contributed by atoms with Gasteiger partial charge in [-0.1, -0.05) is 0 Å². The largest absolute Gasteiger partial charge is 0.493 e. The molecule has 2 aromatic heterocycles. The number of fused-ring (bicyclic) bond motifs is 1. The highest BCUT2D eigenvalue weighted by atomic mass is 32.1. The summed E-state index contributed by atoms with van der Waals surface area (Å²) in [5, 5.41) is 9.95. The predicted molar refractivity (Wildman–Crippen MR) is 89.4 cm³/mol. The number of pyridine rings is 1. The van der Waals surface area contributed by atoms with Crippen LogP contribution in [-0.4, -0.2) is 35.2 Å². The number of rotatable bonds is 3. The fourth-order valence-corrected chi connectivity index (χ4v) is 2.73. The Morgan fingerprint density at radius 1 is 1.17 bits per heavy atom. The van der Waals surface area contributed by atoms with Crippen molar-refractivity contribution in [1.82, 2.24) is 9.36 Å². The first-order valence-electron chi connectivity index (χ1n) is 6.65. The molecule has 0 amide bonds. The number of carbonyl (C=O) groups is 1. The lowest BCUT2D eigenvalue weighted by Gasteiger charge is -2.11. The predicted octanol–water partition coefficient (Wildman–Crippen LogP) is 3.38. The van der Waals surface area contributed by atoms with Crippen LogP contribution in [0.2, 0.25) is 0 Å². The molecular weight excluding hydrogens is 316 g/mol. The second kappa shape index (κ2) is 7.55. The molecule has 0 spiro atoms. The number of ether oxygens (including phenoxy) is 2. The molecule has 0 aliphatic heterocycles.